The zero-order valence-electron chi connectivity index (χ0n) is 9.60. The standard InChI is InChI=1S/C12H13NO3S/c1-12(2,6-14)11-13-8-4-3-7(10(15)16)5-9(8)17-11/h3-5,14H,6H2,1-2H3,(H,15,16). The highest BCUT2D eigenvalue weighted by molar-refractivity contribution is 7.18. The van der Waals surface area contributed by atoms with E-state index in [1.165, 1.54) is 11.3 Å². The van der Waals surface area contributed by atoms with Crippen molar-refractivity contribution in [1.29, 1.82) is 0 Å². The predicted octanol–water partition coefficient (Wildman–Crippen LogP) is 2.26. The van der Waals surface area contributed by atoms with E-state index >= 15 is 0 Å². The Morgan fingerprint density at radius 1 is 1.47 bits per heavy atom. The van der Waals surface area contributed by atoms with Gasteiger partial charge in [0.25, 0.3) is 0 Å². The largest absolute Gasteiger partial charge is 0.478 e. The van der Waals surface area contributed by atoms with Gasteiger partial charge < -0.3 is 10.2 Å². The first kappa shape index (κ1) is 12.0. The van der Waals surface area contributed by atoms with Crippen LogP contribution in [0.4, 0.5) is 0 Å². The summed E-state index contributed by atoms with van der Waals surface area (Å²) in [6, 6.07) is 4.86. The lowest BCUT2D eigenvalue weighted by atomic mass is 9.96. The van der Waals surface area contributed by atoms with E-state index in [-0.39, 0.29) is 12.2 Å². The van der Waals surface area contributed by atoms with Gasteiger partial charge in [0, 0.05) is 5.41 Å². The molecule has 0 saturated heterocycles. The van der Waals surface area contributed by atoms with Crippen LogP contribution in [0.3, 0.4) is 0 Å². The van der Waals surface area contributed by atoms with E-state index in [0.29, 0.717) is 0 Å². The summed E-state index contributed by atoms with van der Waals surface area (Å²) < 4.78 is 0.835. The quantitative estimate of drug-likeness (QED) is 0.877. The number of aliphatic hydroxyl groups excluding tert-OH is 1. The van der Waals surface area contributed by atoms with Crippen molar-refractivity contribution in [2.24, 2.45) is 0 Å². The van der Waals surface area contributed by atoms with Crippen LogP contribution in [0.15, 0.2) is 18.2 Å². The first-order valence-electron chi connectivity index (χ1n) is 5.19. The van der Waals surface area contributed by atoms with Gasteiger partial charge in [-0.25, -0.2) is 9.78 Å². The molecule has 17 heavy (non-hydrogen) atoms. The molecule has 90 valence electrons. The van der Waals surface area contributed by atoms with Crippen molar-refractivity contribution in [3.63, 3.8) is 0 Å². The lowest BCUT2D eigenvalue weighted by Gasteiger charge is -2.17. The van der Waals surface area contributed by atoms with Crippen LogP contribution in [0, 0.1) is 0 Å². The SMILES string of the molecule is CC(C)(CO)c1nc2ccc(C(=O)O)cc2s1. The van der Waals surface area contributed by atoms with Crippen molar-refractivity contribution in [1.82, 2.24) is 4.98 Å². The van der Waals surface area contributed by atoms with Crippen LogP contribution in [0.1, 0.15) is 29.2 Å². The molecule has 1 aromatic heterocycles. The van der Waals surface area contributed by atoms with Crippen LogP contribution < -0.4 is 0 Å². The number of aromatic nitrogens is 1. The van der Waals surface area contributed by atoms with Crippen LogP contribution in [0.5, 0.6) is 0 Å². The van der Waals surface area contributed by atoms with Gasteiger partial charge in [-0.15, -0.1) is 11.3 Å². The zero-order valence-corrected chi connectivity index (χ0v) is 10.4. The number of nitrogens with zero attached hydrogens (tertiary/aromatic N) is 1. The molecule has 2 rings (SSSR count). The monoisotopic (exact) mass is 251 g/mol. The van der Waals surface area contributed by atoms with Gasteiger partial charge in [-0.2, -0.15) is 0 Å². The molecule has 1 aromatic carbocycles. The topological polar surface area (TPSA) is 70.4 Å². The van der Waals surface area contributed by atoms with Gasteiger partial charge >= 0.3 is 5.97 Å². The Labute approximate surface area is 103 Å². The Kier molecular flexibility index (Phi) is 2.89. The number of hydrogen-bond acceptors (Lipinski definition) is 4. The zero-order chi connectivity index (χ0) is 12.6. The lowest BCUT2D eigenvalue weighted by molar-refractivity contribution is 0.0697. The smallest absolute Gasteiger partial charge is 0.335 e. The molecule has 5 heteroatoms. The molecule has 0 saturated carbocycles. The maximum absolute atomic E-state index is 10.8. The van der Waals surface area contributed by atoms with Gasteiger partial charge in [-0.3, -0.25) is 0 Å². The first-order valence-corrected chi connectivity index (χ1v) is 6.01. The predicted molar refractivity (Wildman–Crippen MR) is 66.7 cm³/mol. The summed E-state index contributed by atoms with van der Waals surface area (Å²) in [6.07, 6.45) is 0. The van der Waals surface area contributed by atoms with Gasteiger partial charge in [0.15, 0.2) is 0 Å². The van der Waals surface area contributed by atoms with Crippen LogP contribution >= 0.6 is 11.3 Å². The van der Waals surface area contributed by atoms with Gasteiger partial charge in [0.1, 0.15) is 5.01 Å². The summed E-state index contributed by atoms with van der Waals surface area (Å²) in [5, 5.41) is 19.0. The van der Waals surface area contributed by atoms with E-state index in [0.717, 1.165) is 15.2 Å². The first-order chi connectivity index (χ1) is 7.94. The fraction of sp³-hybridized carbons (Fsp3) is 0.333. The Balaban J connectivity index is 2.54. The minimum atomic E-state index is -0.941. The Bertz CT molecular complexity index is 574. The summed E-state index contributed by atoms with van der Waals surface area (Å²) >= 11 is 1.43. The molecule has 0 amide bonds. The second-order valence-electron chi connectivity index (χ2n) is 4.55. The number of aliphatic hydroxyl groups is 1. The highest BCUT2D eigenvalue weighted by atomic mass is 32.1. The van der Waals surface area contributed by atoms with Crippen molar-refractivity contribution in [2.45, 2.75) is 19.3 Å². The Hall–Kier alpha value is -1.46. The number of carboxylic acid groups (broad SMARTS) is 1. The second kappa shape index (κ2) is 4.09. The summed E-state index contributed by atoms with van der Waals surface area (Å²) in [6.45, 7) is 3.82. The van der Waals surface area contributed by atoms with Crippen molar-refractivity contribution >= 4 is 27.5 Å². The molecule has 0 bridgehead atoms. The number of thiazole rings is 1. The van der Waals surface area contributed by atoms with Gasteiger partial charge in [-0.1, -0.05) is 13.8 Å². The highest BCUT2D eigenvalue weighted by Crippen LogP contribution is 2.31. The van der Waals surface area contributed by atoms with Crippen molar-refractivity contribution in [3.05, 3.63) is 28.8 Å². The Morgan fingerprint density at radius 3 is 2.76 bits per heavy atom. The molecular formula is C12H13NO3S. The maximum atomic E-state index is 10.8. The van der Waals surface area contributed by atoms with E-state index in [1.54, 1.807) is 18.2 Å². The second-order valence-corrected chi connectivity index (χ2v) is 5.58. The third-order valence-electron chi connectivity index (χ3n) is 2.61. The Morgan fingerprint density at radius 2 is 2.18 bits per heavy atom. The number of carbonyl (C=O) groups is 1. The molecule has 2 aromatic rings. The summed E-state index contributed by atoms with van der Waals surface area (Å²) in [5.74, 6) is -0.941. The molecular weight excluding hydrogens is 238 g/mol. The lowest BCUT2D eigenvalue weighted by Crippen LogP contribution is -2.21. The third-order valence-corrected chi connectivity index (χ3v) is 3.99. The number of hydrogen-bond donors (Lipinski definition) is 2. The van der Waals surface area contributed by atoms with Crippen LogP contribution in [0.2, 0.25) is 0 Å². The molecule has 0 aliphatic rings. The van der Waals surface area contributed by atoms with Crippen LogP contribution in [-0.4, -0.2) is 27.8 Å². The van der Waals surface area contributed by atoms with Gasteiger partial charge in [0.05, 0.1) is 22.4 Å². The van der Waals surface area contributed by atoms with Crippen molar-refractivity contribution in [3.8, 4) is 0 Å². The minimum absolute atomic E-state index is 0.0125. The minimum Gasteiger partial charge on any atom is -0.478 e. The highest BCUT2D eigenvalue weighted by Gasteiger charge is 2.24. The fourth-order valence-electron chi connectivity index (χ4n) is 1.41. The molecule has 2 N–H and O–H groups in total. The number of aromatic carboxylic acids is 1. The van der Waals surface area contributed by atoms with Gasteiger partial charge in [0.2, 0.25) is 0 Å². The van der Waals surface area contributed by atoms with Crippen LogP contribution in [-0.2, 0) is 5.41 Å². The van der Waals surface area contributed by atoms with E-state index in [2.05, 4.69) is 4.98 Å². The molecule has 4 nitrogen and oxygen atoms in total. The molecule has 0 aliphatic carbocycles. The normalized spacial score (nSPS) is 11.9. The van der Waals surface area contributed by atoms with E-state index < -0.39 is 11.4 Å². The van der Waals surface area contributed by atoms with Crippen molar-refractivity contribution in [2.75, 3.05) is 6.61 Å². The molecule has 0 radical (unpaired) electrons. The molecule has 0 unspecified atom stereocenters. The summed E-state index contributed by atoms with van der Waals surface area (Å²) in [5.41, 5.74) is 0.638. The number of carboxylic acids is 1. The summed E-state index contributed by atoms with van der Waals surface area (Å²) in [7, 11) is 0. The average Bonchev–Trinajstić information content (AvgIpc) is 2.72. The van der Waals surface area contributed by atoms with E-state index in [4.69, 9.17) is 5.11 Å². The van der Waals surface area contributed by atoms with Gasteiger partial charge in [-0.05, 0) is 18.2 Å². The molecule has 1 heterocycles. The summed E-state index contributed by atoms with van der Waals surface area (Å²) in [4.78, 5) is 15.3. The number of rotatable bonds is 3. The fourth-order valence-corrected chi connectivity index (χ4v) is 2.51. The molecule has 0 fully saturated rings. The number of benzene rings is 1. The van der Waals surface area contributed by atoms with Crippen molar-refractivity contribution < 1.29 is 15.0 Å². The molecule has 0 spiro atoms. The van der Waals surface area contributed by atoms with Crippen LogP contribution in [0.25, 0.3) is 10.2 Å². The molecule has 0 aliphatic heterocycles. The molecule has 0 atom stereocenters. The third kappa shape index (κ3) is 2.16. The van der Waals surface area contributed by atoms with E-state index in [9.17, 15) is 9.90 Å². The maximum Gasteiger partial charge on any atom is 0.335 e. The average molecular weight is 251 g/mol. The van der Waals surface area contributed by atoms with E-state index in [1.807, 2.05) is 13.8 Å². The number of fused-ring (bicyclic) bond motifs is 1.